The Balaban J connectivity index is 1.23. The van der Waals surface area contributed by atoms with E-state index in [1.807, 2.05) is 103 Å². The van der Waals surface area contributed by atoms with Crippen LogP contribution >= 0.6 is 0 Å². The van der Waals surface area contributed by atoms with Crippen molar-refractivity contribution in [2.24, 2.45) is 0 Å². The van der Waals surface area contributed by atoms with Crippen molar-refractivity contribution in [3.05, 3.63) is 151 Å². The number of fused-ring (bicyclic) bond motifs is 3. The van der Waals surface area contributed by atoms with Gasteiger partial charge in [0.1, 0.15) is 11.2 Å². The summed E-state index contributed by atoms with van der Waals surface area (Å²) in [5.74, 6) is 1.75. The predicted octanol–water partition coefficient (Wildman–Crippen LogP) is 9.98. The van der Waals surface area contributed by atoms with Crippen LogP contribution in [0.3, 0.4) is 0 Å². The van der Waals surface area contributed by atoms with E-state index in [2.05, 4.69) is 48.5 Å². The van der Waals surface area contributed by atoms with Gasteiger partial charge in [-0.05, 0) is 52.6 Å². The van der Waals surface area contributed by atoms with Gasteiger partial charge < -0.3 is 4.42 Å². The van der Waals surface area contributed by atoms with Crippen LogP contribution in [0, 0.1) is 11.3 Å². The molecule has 0 unspecified atom stereocenters. The van der Waals surface area contributed by atoms with Crippen LogP contribution < -0.4 is 0 Å². The Morgan fingerprint density at radius 2 is 0.978 bits per heavy atom. The van der Waals surface area contributed by atoms with Gasteiger partial charge in [0.15, 0.2) is 17.5 Å². The van der Waals surface area contributed by atoms with Crippen molar-refractivity contribution in [3.8, 4) is 62.5 Å². The first-order valence-electron chi connectivity index (χ1n) is 14.7. The second kappa shape index (κ2) is 11.0. The van der Waals surface area contributed by atoms with Crippen molar-refractivity contribution in [3.63, 3.8) is 0 Å². The lowest BCUT2D eigenvalue weighted by molar-refractivity contribution is 0.669. The number of nitriles is 1. The van der Waals surface area contributed by atoms with E-state index in [0.717, 1.165) is 60.9 Å². The minimum absolute atomic E-state index is 0.570. The second-order valence-corrected chi connectivity index (χ2v) is 10.8. The third-order valence-electron chi connectivity index (χ3n) is 8.00. The summed E-state index contributed by atoms with van der Waals surface area (Å²) in [6, 6.07) is 50.6. The third kappa shape index (κ3) is 4.91. The highest BCUT2D eigenvalue weighted by molar-refractivity contribution is 6.12. The van der Waals surface area contributed by atoms with Gasteiger partial charge in [-0.1, -0.05) is 115 Å². The zero-order valence-electron chi connectivity index (χ0n) is 24.1. The Labute approximate surface area is 259 Å². The van der Waals surface area contributed by atoms with E-state index in [-0.39, 0.29) is 0 Å². The van der Waals surface area contributed by atoms with Crippen LogP contribution in [0.2, 0.25) is 0 Å². The van der Waals surface area contributed by atoms with Crippen molar-refractivity contribution in [2.75, 3.05) is 0 Å². The predicted molar refractivity (Wildman–Crippen MR) is 179 cm³/mol. The Kier molecular flexibility index (Phi) is 6.44. The zero-order valence-corrected chi connectivity index (χ0v) is 24.1. The standard InChI is InChI=1S/C40H24N4O/c41-25-26-14-16-27(17-15-26)28-18-20-31(21-19-28)39-42-38(30-10-5-2-6-11-30)43-40(44-39)32-22-23-34-36(24-32)45-35-13-7-12-33(37(34)35)29-8-3-1-4-9-29/h1-24H. The van der Waals surface area contributed by atoms with Crippen LogP contribution in [0.25, 0.3) is 78.4 Å². The summed E-state index contributed by atoms with van der Waals surface area (Å²) in [4.78, 5) is 14.8. The highest BCUT2D eigenvalue weighted by atomic mass is 16.3. The highest BCUT2D eigenvalue weighted by Crippen LogP contribution is 2.38. The molecule has 6 aromatic carbocycles. The first-order valence-corrected chi connectivity index (χ1v) is 14.7. The maximum atomic E-state index is 9.14. The number of aromatic nitrogens is 3. The Morgan fingerprint density at radius 3 is 1.62 bits per heavy atom. The molecular weight excluding hydrogens is 552 g/mol. The molecule has 0 saturated carbocycles. The molecule has 2 heterocycles. The maximum absolute atomic E-state index is 9.14. The topological polar surface area (TPSA) is 75.6 Å². The molecule has 0 saturated heterocycles. The summed E-state index contributed by atoms with van der Waals surface area (Å²) in [6.45, 7) is 0. The first kappa shape index (κ1) is 26.3. The van der Waals surface area contributed by atoms with Crippen LogP contribution in [0.15, 0.2) is 150 Å². The van der Waals surface area contributed by atoms with E-state index in [1.54, 1.807) is 0 Å². The molecule has 0 N–H and O–H groups in total. The number of hydrogen-bond donors (Lipinski definition) is 0. The molecule has 8 aromatic rings. The monoisotopic (exact) mass is 576 g/mol. The molecule has 0 aliphatic heterocycles. The molecule has 5 nitrogen and oxygen atoms in total. The number of furan rings is 1. The van der Waals surface area contributed by atoms with Crippen molar-refractivity contribution < 1.29 is 4.42 Å². The van der Waals surface area contributed by atoms with Crippen LogP contribution in [-0.4, -0.2) is 15.0 Å². The van der Waals surface area contributed by atoms with Crippen molar-refractivity contribution in [1.29, 1.82) is 5.26 Å². The molecule has 5 heteroatoms. The molecule has 45 heavy (non-hydrogen) atoms. The molecule has 0 fully saturated rings. The molecule has 0 aliphatic rings. The maximum Gasteiger partial charge on any atom is 0.164 e. The largest absolute Gasteiger partial charge is 0.456 e. The lowest BCUT2D eigenvalue weighted by Gasteiger charge is -2.09. The third-order valence-corrected chi connectivity index (χ3v) is 8.00. The fraction of sp³-hybridized carbons (Fsp3) is 0. The summed E-state index contributed by atoms with van der Waals surface area (Å²) < 4.78 is 6.39. The van der Waals surface area contributed by atoms with Crippen LogP contribution in [0.4, 0.5) is 0 Å². The number of nitrogens with zero attached hydrogens (tertiary/aromatic N) is 4. The van der Waals surface area contributed by atoms with Gasteiger partial charge in [-0.25, -0.2) is 15.0 Å². The fourth-order valence-corrected chi connectivity index (χ4v) is 5.72. The molecule has 0 radical (unpaired) electrons. The Hall–Kier alpha value is -6.38. The molecule has 0 amide bonds. The van der Waals surface area contributed by atoms with E-state index in [4.69, 9.17) is 24.6 Å². The molecule has 210 valence electrons. The summed E-state index contributed by atoms with van der Waals surface area (Å²) in [6.07, 6.45) is 0. The first-order chi connectivity index (χ1) is 22.2. The van der Waals surface area contributed by atoms with E-state index in [0.29, 0.717) is 23.0 Å². The van der Waals surface area contributed by atoms with E-state index in [9.17, 15) is 0 Å². The van der Waals surface area contributed by atoms with Crippen molar-refractivity contribution in [1.82, 2.24) is 15.0 Å². The van der Waals surface area contributed by atoms with Gasteiger partial charge in [0.05, 0.1) is 11.6 Å². The number of benzene rings is 6. The smallest absolute Gasteiger partial charge is 0.164 e. The van der Waals surface area contributed by atoms with E-state index in [1.165, 1.54) is 0 Å². The number of hydrogen-bond acceptors (Lipinski definition) is 5. The highest BCUT2D eigenvalue weighted by Gasteiger charge is 2.16. The van der Waals surface area contributed by atoms with Crippen molar-refractivity contribution in [2.45, 2.75) is 0 Å². The fourth-order valence-electron chi connectivity index (χ4n) is 5.72. The SMILES string of the molecule is N#Cc1ccc(-c2ccc(-c3nc(-c4ccccc4)nc(-c4ccc5c(c4)oc4cccc(-c6ccccc6)c45)n3)cc2)cc1. The Morgan fingerprint density at radius 1 is 0.444 bits per heavy atom. The number of rotatable bonds is 5. The van der Waals surface area contributed by atoms with Gasteiger partial charge in [0.2, 0.25) is 0 Å². The molecule has 0 bridgehead atoms. The minimum atomic E-state index is 0.570. The van der Waals surface area contributed by atoms with Crippen LogP contribution in [0.1, 0.15) is 5.56 Å². The van der Waals surface area contributed by atoms with Gasteiger partial charge in [0, 0.05) is 27.5 Å². The van der Waals surface area contributed by atoms with Gasteiger partial charge in [0.25, 0.3) is 0 Å². The normalized spacial score (nSPS) is 11.1. The molecule has 8 rings (SSSR count). The van der Waals surface area contributed by atoms with E-state index < -0.39 is 0 Å². The average molecular weight is 577 g/mol. The lowest BCUT2D eigenvalue weighted by atomic mass is 9.99. The molecule has 2 aromatic heterocycles. The van der Waals surface area contributed by atoms with Gasteiger partial charge in [-0.15, -0.1) is 0 Å². The average Bonchev–Trinajstić information content (AvgIpc) is 3.50. The molecule has 0 atom stereocenters. The zero-order chi connectivity index (χ0) is 30.2. The summed E-state index contributed by atoms with van der Waals surface area (Å²) >= 11 is 0. The Bertz CT molecular complexity index is 2350. The van der Waals surface area contributed by atoms with Gasteiger partial charge in [-0.2, -0.15) is 5.26 Å². The summed E-state index contributed by atoms with van der Waals surface area (Å²) in [5, 5.41) is 11.3. The van der Waals surface area contributed by atoms with Crippen molar-refractivity contribution >= 4 is 21.9 Å². The molecule has 0 aliphatic carbocycles. The lowest BCUT2D eigenvalue weighted by Crippen LogP contribution is -2.00. The summed E-state index contributed by atoms with van der Waals surface area (Å²) in [5.41, 5.74) is 9.26. The molecule has 0 spiro atoms. The molecular formula is C40H24N4O. The minimum Gasteiger partial charge on any atom is -0.456 e. The second-order valence-electron chi connectivity index (χ2n) is 10.8. The van der Waals surface area contributed by atoms with Crippen LogP contribution in [0.5, 0.6) is 0 Å². The van der Waals surface area contributed by atoms with Gasteiger partial charge >= 0.3 is 0 Å². The van der Waals surface area contributed by atoms with E-state index >= 15 is 0 Å². The van der Waals surface area contributed by atoms with Gasteiger partial charge in [-0.3, -0.25) is 0 Å². The van der Waals surface area contributed by atoms with Crippen LogP contribution in [-0.2, 0) is 0 Å². The quantitative estimate of drug-likeness (QED) is 0.204. The summed E-state index contributed by atoms with van der Waals surface area (Å²) in [7, 11) is 0.